The molecule has 2 fully saturated rings. The number of piperidine rings is 2. The zero-order valence-electron chi connectivity index (χ0n) is 31.4. The topological polar surface area (TPSA) is 177 Å². The molecule has 4 aliphatic rings. The smallest absolute Gasteiger partial charge is 0.262 e. The number of anilines is 2. The monoisotopic (exact) mass is 776 g/mol. The van der Waals surface area contributed by atoms with Gasteiger partial charge in [-0.1, -0.05) is 30.3 Å². The Kier molecular flexibility index (Phi) is 10.1. The summed E-state index contributed by atoms with van der Waals surface area (Å²) in [5, 5.41) is 12.3. The van der Waals surface area contributed by atoms with Crippen LogP contribution in [0.5, 0.6) is 0 Å². The summed E-state index contributed by atoms with van der Waals surface area (Å²) in [6, 6.07) is 18.1. The van der Waals surface area contributed by atoms with Crippen LogP contribution in [0.1, 0.15) is 85.2 Å². The highest BCUT2D eigenvalue weighted by Gasteiger charge is 2.45. The second kappa shape index (κ2) is 15.3. The number of hydrogen-bond acceptors (Lipinski definition) is 10. The van der Waals surface area contributed by atoms with Crippen molar-refractivity contribution in [2.75, 3.05) is 37.5 Å². The van der Waals surface area contributed by atoms with E-state index in [0.717, 1.165) is 59.4 Å². The molecule has 2 saturated heterocycles. The summed E-state index contributed by atoms with van der Waals surface area (Å²) < 4.78 is 20.9. The fraction of sp³-hybridized carbons (Fsp3) is 0.341. The zero-order chi connectivity index (χ0) is 40.0. The molecular weight excluding hydrogens is 735 g/mol. The minimum Gasteiger partial charge on any atom is -0.371 e. The summed E-state index contributed by atoms with van der Waals surface area (Å²) in [5.74, 6) is -3.33. The molecule has 16 heteroatoms. The number of fused-ring (bicyclic) bond motifs is 2. The number of hydrogen-bond donors (Lipinski definition) is 3. The summed E-state index contributed by atoms with van der Waals surface area (Å²) in [4.78, 5) is 83.8. The summed E-state index contributed by atoms with van der Waals surface area (Å²) in [7, 11) is 3.40. The maximum atomic E-state index is 15.4. The molecule has 3 N–H and O–H groups in total. The van der Waals surface area contributed by atoms with Crippen molar-refractivity contribution in [3.05, 3.63) is 112 Å². The highest BCUT2D eigenvalue weighted by Crippen LogP contribution is 2.33. The lowest BCUT2D eigenvalue weighted by Crippen LogP contribution is -2.54. The van der Waals surface area contributed by atoms with Gasteiger partial charge in [0.2, 0.25) is 11.8 Å². The molecule has 0 saturated carbocycles. The molecule has 2 atom stereocenters. The SMILES string of the molecule is COC(C(=O)N1Cc2[nH]nc(NC(=O)c3ccc(N4CCC(N(C)Cc5cc6c(cc5F)C(=O)N(C5CCC(=O)NC5=O)C6=O)CC4)cc3)c2C1)c1ccccc1. The molecule has 1 aromatic heterocycles. The van der Waals surface area contributed by atoms with E-state index in [-0.39, 0.29) is 60.5 Å². The Balaban J connectivity index is 0.841. The largest absolute Gasteiger partial charge is 0.371 e. The Morgan fingerprint density at radius 3 is 2.35 bits per heavy atom. The fourth-order valence-electron chi connectivity index (χ4n) is 8.19. The summed E-state index contributed by atoms with van der Waals surface area (Å²) >= 11 is 0. The number of aromatic nitrogens is 2. The lowest BCUT2D eigenvalue weighted by Gasteiger charge is -2.38. The number of halogens is 1. The Morgan fingerprint density at radius 2 is 1.67 bits per heavy atom. The van der Waals surface area contributed by atoms with Crippen molar-refractivity contribution in [2.24, 2.45) is 0 Å². The molecule has 0 spiro atoms. The van der Waals surface area contributed by atoms with Crippen LogP contribution in [-0.2, 0) is 38.8 Å². The van der Waals surface area contributed by atoms with Gasteiger partial charge >= 0.3 is 0 Å². The van der Waals surface area contributed by atoms with Gasteiger partial charge < -0.3 is 19.9 Å². The summed E-state index contributed by atoms with van der Waals surface area (Å²) in [5.41, 5.74) is 3.92. The number of nitrogens with one attached hydrogen (secondary N) is 3. The van der Waals surface area contributed by atoms with Gasteiger partial charge in [-0.15, -0.1) is 0 Å². The molecule has 0 aliphatic carbocycles. The van der Waals surface area contributed by atoms with Crippen LogP contribution in [0.2, 0.25) is 0 Å². The van der Waals surface area contributed by atoms with E-state index in [4.69, 9.17) is 4.74 Å². The van der Waals surface area contributed by atoms with Crippen molar-refractivity contribution in [3.8, 4) is 0 Å². The van der Waals surface area contributed by atoms with Gasteiger partial charge in [-0.05, 0) is 68.3 Å². The second-order valence-electron chi connectivity index (χ2n) is 14.8. The van der Waals surface area contributed by atoms with Gasteiger partial charge in [0.15, 0.2) is 11.9 Å². The van der Waals surface area contributed by atoms with Crippen LogP contribution in [0.3, 0.4) is 0 Å². The number of ether oxygens (including phenoxy) is 1. The highest BCUT2D eigenvalue weighted by molar-refractivity contribution is 6.23. The van der Waals surface area contributed by atoms with Crippen LogP contribution in [0.25, 0.3) is 0 Å². The lowest BCUT2D eigenvalue weighted by molar-refractivity contribution is -0.143. The third kappa shape index (κ3) is 7.17. The summed E-state index contributed by atoms with van der Waals surface area (Å²) in [6.07, 6.45) is 0.855. The van der Waals surface area contributed by atoms with Crippen LogP contribution in [0.4, 0.5) is 15.9 Å². The van der Waals surface area contributed by atoms with Crippen molar-refractivity contribution in [3.63, 3.8) is 0 Å². The predicted octanol–water partition coefficient (Wildman–Crippen LogP) is 3.53. The van der Waals surface area contributed by atoms with Crippen LogP contribution < -0.4 is 15.5 Å². The van der Waals surface area contributed by atoms with Gasteiger partial charge in [-0.2, -0.15) is 5.10 Å². The van der Waals surface area contributed by atoms with Crippen LogP contribution >= 0.6 is 0 Å². The van der Waals surface area contributed by atoms with Gasteiger partial charge in [0.1, 0.15) is 11.9 Å². The second-order valence-corrected chi connectivity index (χ2v) is 14.8. The van der Waals surface area contributed by atoms with E-state index in [0.29, 0.717) is 17.9 Å². The molecule has 5 heterocycles. The molecule has 4 aromatic rings. The Bertz CT molecular complexity index is 2270. The van der Waals surface area contributed by atoms with Crippen molar-refractivity contribution < 1.29 is 37.9 Å². The van der Waals surface area contributed by atoms with Gasteiger partial charge in [0.25, 0.3) is 23.6 Å². The Morgan fingerprint density at radius 1 is 0.965 bits per heavy atom. The quantitative estimate of drug-likeness (QED) is 0.202. The zero-order valence-corrected chi connectivity index (χ0v) is 31.4. The number of nitrogens with zero attached hydrogens (tertiary/aromatic N) is 5. The number of methoxy groups -OCH3 is 1. The third-order valence-electron chi connectivity index (χ3n) is 11.4. The number of imide groups is 2. The number of H-pyrrole nitrogens is 1. The maximum absolute atomic E-state index is 15.4. The lowest BCUT2D eigenvalue weighted by atomic mass is 10.0. The average molecular weight is 777 g/mol. The number of amides is 6. The Hall–Kier alpha value is -6.26. The molecule has 15 nitrogen and oxygen atoms in total. The van der Waals surface area contributed by atoms with Crippen molar-refractivity contribution >= 4 is 46.9 Å². The molecule has 8 rings (SSSR count). The molecule has 4 aliphatic heterocycles. The molecule has 57 heavy (non-hydrogen) atoms. The normalized spacial score (nSPS) is 18.9. The Labute approximate surface area is 327 Å². The first-order valence-electron chi connectivity index (χ1n) is 18.8. The number of rotatable bonds is 10. The van der Waals surface area contributed by atoms with E-state index in [2.05, 4.69) is 25.7 Å². The van der Waals surface area contributed by atoms with Crippen LogP contribution in [0.15, 0.2) is 66.7 Å². The minimum absolute atomic E-state index is 0.00163. The average Bonchev–Trinajstić information content (AvgIpc) is 3.88. The molecule has 3 aromatic carbocycles. The molecule has 0 radical (unpaired) electrons. The number of carbonyl (C=O) groups excluding carboxylic acids is 6. The van der Waals surface area contributed by atoms with Gasteiger partial charge in [-0.25, -0.2) is 4.39 Å². The highest BCUT2D eigenvalue weighted by atomic mass is 19.1. The molecule has 2 unspecified atom stereocenters. The fourth-order valence-corrected chi connectivity index (χ4v) is 8.19. The first kappa shape index (κ1) is 37.7. The number of carbonyl (C=O) groups is 6. The van der Waals surface area contributed by atoms with Crippen molar-refractivity contribution in [1.29, 1.82) is 0 Å². The van der Waals surface area contributed by atoms with E-state index in [9.17, 15) is 28.8 Å². The molecular formula is C41H41FN8O7. The third-order valence-corrected chi connectivity index (χ3v) is 11.4. The van der Waals surface area contributed by atoms with Crippen molar-refractivity contribution in [1.82, 2.24) is 30.2 Å². The first-order chi connectivity index (χ1) is 27.5. The molecule has 0 bridgehead atoms. The first-order valence-corrected chi connectivity index (χ1v) is 18.8. The van der Waals surface area contributed by atoms with Gasteiger partial charge in [-0.3, -0.25) is 49.0 Å². The summed E-state index contributed by atoms with van der Waals surface area (Å²) in [6.45, 7) is 2.27. The van der Waals surface area contributed by atoms with E-state index < -0.39 is 41.6 Å². The van der Waals surface area contributed by atoms with Crippen molar-refractivity contribution in [2.45, 2.75) is 63.5 Å². The van der Waals surface area contributed by atoms with Crippen LogP contribution in [0, 0.1) is 5.82 Å². The van der Waals surface area contributed by atoms with Gasteiger partial charge in [0.05, 0.1) is 29.9 Å². The van der Waals surface area contributed by atoms with E-state index in [1.54, 1.807) is 17.0 Å². The van der Waals surface area contributed by atoms with E-state index >= 15 is 4.39 Å². The molecule has 294 valence electrons. The van der Waals surface area contributed by atoms with E-state index in [1.165, 1.54) is 13.2 Å². The predicted molar refractivity (Wildman–Crippen MR) is 203 cm³/mol. The van der Waals surface area contributed by atoms with Gasteiger partial charge in [0, 0.05) is 61.6 Å². The van der Waals surface area contributed by atoms with Crippen LogP contribution in [-0.4, -0.2) is 99.7 Å². The molecule has 6 amide bonds. The van der Waals surface area contributed by atoms with E-state index in [1.807, 2.05) is 54.4 Å². The number of aromatic amines is 1. The maximum Gasteiger partial charge on any atom is 0.262 e. The number of benzene rings is 3. The standard InChI is InChI=1S/C41H41FN8O7/c1-47(20-25-18-28-29(19-31(25)42)40(55)50(39(28)54)33-12-13-34(51)43-38(33)53)26-14-16-48(17-15-26)27-10-8-24(9-11-27)37(52)44-36-30-21-49(22-32(30)45-46-36)41(56)35(57-2)23-6-4-3-5-7-23/h3-11,18-19,26,33,35H,12-17,20-22H2,1-2H3,(H,43,51,53)(H2,44,45,46,52). The minimum atomic E-state index is -1.12.